The SMILES string of the molecule is CCC(=O)N(CC(=O)Nc1nccs1)C1CCCCC1. The predicted molar refractivity (Wildman–Crippen MR) is 79.6 cm³/mol. The number of hydrogen-bond donors (Lipinski definition) is 1. The second-order valence-corrected chi connectivity index (χ2v) is 5.95. The predicted octanol–water partition coefficient (Wildman–Crippen LogP) is 2.65. The Hall–Kier alpha value is -1.43. The fourth-order valence-corrected chi connectivity index (χ4v) is 3.16. The topological polar surface area (TPSA) is 62.3 Å². The first-order chi connectivity index (χ1) is 9.70. The van der Waals surface area contributed by atoms with Crippen molar-refractivity contribution in [3.05, 3.63) is 11.6 Å². The summed E-state index contributed by atoms with van der Waals surface area (Å²) in [6.07, 6.45) is 7.64. The molecule has 1 aliphatic rings. The van der Waals surface area contributed by atoms with Crippen LogP contribution in [0.25, 0.3) is 0 Å². The Morgan fingerprint density at radius 3 is 2.75 bits per heavy atom. The summed E-state index contributed by atoms with van der Waals surface area (Å²) < 4.78 is 0. The maximum atomic E-state index is 12.1. The quantitative estimate of drug-likeness (QED) is 0.908. The molecule has 0 saturated heterocycles. The third kappa shape index (κ3) is 4.03. The molecule has 1 aliphatic carbocycles. The maximum Gasteiger partial charge on any atom is 0.245 e. The van der Waals surface area contributed by atoms with Crippen LogP contribution < -0.4 is 5.32 Å². The minimum atomic E-state index is -0.160. The monoisotopic (exact) mass is 295 g/mol. The van der Waals surface area contributed by atoms with Crippen LogP contribution in [0.2, 0.25) is 0 Å². The molecule has 0 spiro atoms. The zero-order chi connectivity index (χ0) is 14.4. The summed E-state index contributed by atoms with van der Waals surface area (Å²) in [5, 5.41) is 5.14. The Morgan fingerprint density at radius 2 is 2.15 bits per heavy atom. The van der Waals surface area contributed by atoms with Crippen LogP contribution in [-0.4, -0.2) is 34.3 Å². The minimum absolute atomic E-state index is 0.0613. The molecule has 110 valence electrons. The van der Waals surface area contributed by atoms with E-state index in [0.717, 1.165) is 25.7 Å². The van der Waals surface area contributed by atoms with Gasteiger partial charge in [-0.25, -0.2) is 4.98 Å². The molecule has 1 saturated carbocycles. The Bertz CT molecular complexity index is 441. The van der Waals surface area contributed by atoms with Crippen LogP contribution in [0.1, 0.15) is 45.4 Å². The number of carbonyl (C=O) groups is 2. The summed E-state index contributed by atoms with van der Waals surface area (Å²) in [6, 6.07) is 0.221. The Balaban J connectivity index is 1.95. The molecule has 0 bridgehead atoms. The van der Waals surface area contributed by atoms with E-state index >= 15 is 0 Å². The van der Waals surface area contributed by atoms with Crippen LogP contribution in [-0.2, 0) is 9.59 Å². The Morgan fingerprint density at radius 1 is 1.40 bits per heavy atom. The van der Waals surface area contributed by atoms with E-state index in [4.69, 9.17) is 0 Å². The fourth-order valence-electron chi connectivity index (χ4n) is 2.62. The zero-order valence-electron chi connectivity index (χ0n) is 11.8. The smallest absolute Gasteiger partial charge is 0.245 e. The largest absolute Gasteiger partial charge is 0.330 e. The lowest BCUT2D eigenvalue weighted by Gasteiger charge is -2.33. The number of rotatable bonds is 5. The van der Waals surface area contributed by atoms with Crippen molar-refractivity contribution in [3.63, 3.8) is 0 Å². The van der Waals surface area contributed by atoms with Gasteiger partial charge in [0.2, 0.25) is 11.8 Å². The normalized spacial score (nSPS) is 15.8. The van der Waals surface area contributed by atoms with Crippen LogP contribution in [0.5, 0.6) is 0 Å². The second-order valence-electron chi connectivity index (χ2n) is 5.05. The Labute approximate surface area is 123 Å². The van der Waals surface area contributed by atoms with Crippen molar-refractivity contribution in [3.8, 4) is 0 Å². The van der Waals surface area contributed by atoms with Gasteiger partial charge in [0.15, 0.2) is 5.13 Å². The van der Waals surface area contributed by atoms with Gasteiger partial charge in [0, 0.05) is 24.0 Å². The number of anilines is 1. The highest BCUT2D eigenvalue weighted by Crippen LogP contribution is 2.23. The summed E-state index contributed by atoms with van der Waals surface area (Å²) >= 11 is 1.38. The first kappa shape index (κ1) is 15.0. The van der Waals surface area contributed by atoms with Gasteiger partial charge in [0.05, 0.1) is 0 Å². The molecule has 1 fully saturated rings. The second kappa shape index (κ2) is 7.38. The number of hydrogen-bond acceptors (Lipinski definition) is 4. The molecule has 0 aromatic carbocycles. The van der Waals surface area contributed by atoms with E-state index in [1.807, 2.05) is 12.3 Å². The van der Waals surface area contributed by atoms with Gasteiger partial charge in [-0.3, -0.25) is 9.59 Å². The highest BCUT2D eigenvalue weighted by atomic mass is 32.1. The summed E-state index contributed by atoms with van der Waals surface area (Å²) in [4.78, 5) is 29.9. The lowest BCUT2D eigenvalue weighted by molar-refractivity contribution is -0.137. The molecule has 1 heterocycles. The molecule has 2 rings (SSSR count). The number of aromatic nitrogens is 1. The van der Waals surface area contributed by atoms with Crippen LogP contribution in [0.4, 0.5) is 5.13 Å². The highest BCUT2D eigenvalue weighted by Gasteiger charge is 2.26. The van der Waals surface area contributed by atoms with Crippen molar-refractivity contribution in [2.75, 3.05) is 11.9 Å². The molecule has 0 aliphatic heterocycles. The molecule has 0 atom stereocenters. The molecule has 6 heteroatoms. The van der Waals surface area contributed by atoms with Crippen molar-refractivity contribution >= 4 is 28.3 Å². The van der Waals surface area contributed by atoms with Gasteiger partial charge in [0.1, 0.15) is 6.54 Å². The standard InChI is InChI=1S/C14H21N3O2S/c1-2-13(19)17(11-6-4-3-5-7-11)10-12(18)16-14-15-8-9-20-14/h8-9,11H,2-7,10H2,1H3,(H,15,16,18). The van der Waals surface area contributed by atoms with Crippen LogP contribution in [0, 0.1) is 0 Å². The number of thiazole rings is 1. The van der Waals surface area contributed by atoms with Crippen molar-refractivity contribution < 1.29 is 9.59 Å². The zero-order valence-corrected chi connectivity index (χ0v) is 12.6. The molecule has 0 radical (unpaired) electrons. The van der Waals surface area contributed by atoms with Gasteiger partial charge in [-0.15, -0.1) is 11.3 Å². The van der Waals surface area contributed by atoms with Gasteiger partial charge in [-0.05, 0) is 12.8 Å². The van der Waals surface area contributed by atoms with Gasteiger partial charge < -0.3 is 10.2 Å². The van der Waals surface area contributed by atoms with E-state index in [1.165, 1.54) is 17.8 Å². The minimum Gasteiger partial charge on any atom is -0.330 e. The number of amides is 2. The summed E-state index contributed by atoms with van der Waals surface area (Å²) in [7, 11) is 0. The number of nitrogens with zero attached hydrogens (tertiary/aromatic N) is 2. The van der Waals surface area contributed by atoms with E-state index in [2.05, 4.69) is 10.3 Å². The van der Waals surface area contributed by atoms with Crippen molar-refractivity contribution in [1.82, 2.24) is 9.88 Å². The van der Waals surface area contributed by atoms with Gasteiger partial charge in [0.25, 0.3) is 0 Å². The van der Waals surface area contributed by atoms with Crippen LogP contribution in [0.3, 0.4) is 0 Å². The first-order valence-electron chi connectivity index (χ1n) is 7.19. The molecule has 20 heavy (non-hydrogen) atoms. The fraction of sp³-hybridized carbons (Fsp3) is 0.643. The summed E-state index contributed by atoms with van der Waals surface area (Å²) in [6.45, 7) is 1.98. The van der Waals surface area contributed by atoms with Crippen LogP contribution >= 0.6 is 11.3 Å². The molecule has 1 aromatic heterocycles. The molecule has 1 N–H and O–H groups in total. The molecule has 5 nitrogen and oxygen atoms in total. The van der Waals surface area contributed by atoms with E-state index in [-0.39, 0.29) is 24.4 Å². The molecule has 0 unspecified atom stereocenters. The lowest BCUT2D eigenvalue weighted by Crippen LogP contribution is -2.45. The molecule has 2 amide bonds. The van der Waals surface area contributed by atoms with Crippen LogP contribution in [0.15, 0.2) is 11.6 Å². The van der Waals surface area contributed by atoms with Crippen molar-refractivity contribution in [2.45, 2.75) is 51.5 Å². The van der Waals surface area contributed by atoms with E-state index < -0.39 is 0 Å². The van der Waals surface area contributed by atoms with E-state index in [0.29, 0.717) is 11.6 Å². The highest BCUT2D eigenvalue weighted by molar-refractivity contribution is 7.13. The van der Waals surface area contributed by atoms with Gasteiger partial charge in [-0.2, -0.15) is 0 Å². The number of nitrogens with one attached hydrogen (secondary N) is 1. The third-order valence-electron chi connectivity index (χ3n) is 3.63. The molecule has 1 aromatic rings. The molecular formula is C14H21N3O2S. The van der Waals surface area contributed by atoms with Crippen molar-refractivity contribution in [1.29, 1.82) is 0 Å². The first-order valence-corrected chi connectivity index (χ1v) is 8.07. The Kier molecular flexibility index (Phi) is 5.52. The average Bonchev–Trinajstić information content (AvgIpc) is 2.97. The summed E-state index contributed by atoms with van der Waals surface area (Å²) in [5.74, 6) is -0.0986. The summed E-state index contributed by atoms with van der Waals surface area (Å²) in [5.41, 5.74) is 0. The molecular weight excluding hydrogens is 274 g/mol. The average molecular weight is 295 g/mol. The maximum absolute atomic E-state index is 12.1. The van der Waals surface area contributed by atoms with E-state index in [1.54, 1.807) is 11.1 Å². The van der Waals surface area contributed by atoms with Crippen molar-refractivity contribution in [2.24, 2.45) is 0 Å². The number of carbonyl (C=O) groups excluding carboxylic acids is 2. The van der Waals surface area contributed by atoms with E-state index in [9.17, 15) is 9.59 Å². The van der Waals surface area contributed by atoms with Gasteiger partial charge in [-0.1, -0.05) is 26.2 Å². The van der Waals surface area contributed by atoms with Gasteiger partial charge >= 0.3 is 0 Å². The lowest BCUT2D eigenvalue weighted by atomic mass is 9.94. The third-order valence-corrected chi connectivity index (χ3v) is 4.32.